The van der Waals surface area contributed by atoms with Gasteiger partial charge in [0.1, 0.15) is 0 Å². The van der Waals surface area contributed by atoms with Gasteiger partial charge in [0.05, 0.1) is 18.3 Å². The van der Waals surface area contributed by atoms with E-state index in [1.165, 1.54) is 5.56 Å². The van der Waals surface area contributed by atoms with E-state index in [1.54, 1.807) is 0 Å². The number of benzene rings is 1. The summed E-state index contributed by atoms with van der Waals surface area (Å²) in [5.41, 5.74) is 10.2. The molecule has 0 saturated carbocycles. The van der Waals surface area contributed by atoms with E-state index in [9.17, 15) is 4.79 Å². The maximum atomic E-state index is 12.0. The molecule has 3 N–H and O–H groups in total. The number of amides is 1. The fraction of sp³-hybridized carbons (Fsp3) is 0.444. The van der Waals surface area contributed by atoms with Crippen LogP contribution in [0.15, 0.2) is 30.3 Å². The van der Waals surface area contributed by atoms with E-state index in [0.717, 1.165) is 23.5 Å². The lowest BCUT2D eigenvalue weighted by Gasteiger charge is -2.15. The molecule has 1 amide bonds. The number of rotatable bonds is 6. The highest BCUT2D eigenvalue weighted by atomic mass is 16.2. The Morgan fingerprint density at radius 1 is 1.26 bits per heavy atom. The lowest BCUT2D eigenvalue weighted by atomic mass is 10.0. The minimum Gasteiger partial charge on any atom is -0.351 e. The zero-order valence-corrected chi connectivity index (χ0v) is 14.3. The molecule has 5 heteroatoms. The van der Waals surface area contributed by atoms with Crippen LogP contribution in [0.2, 0.25) is 0 Å². The number of nitrogens with one attached hydrogen (secondary N) is 1. The summed E-state index contributed by atoms with van der Waals surface area (Å²) in [7, 11) is 0. The number of carbonyl (C=O) groups is 1. The highest BCUT2D eigenvalue weighted by Gasteiger charge is 2.18. The van der Waals surface area contributed by atoms with E-state index in [0.29, 0.717) is 6.54 Å². The molecule has 23 heavy (non-hydrogen) atoms. The van der Waals surface area contributed by atoms with Crippen LogP contribution in [-0.4, -0.2) is 21.7 Å². The Morgan fingerprint density at radius 2 is 1.91 bits per heavy atom. The summed E-state index contributed by atoms with van der Waals surface area (Å²) in [5, 5.41) is 7.52. The van der Waals surface area contributed by atoms with Crippen LogP contribution in [-0.2, 0) is 17.9 Å². The highest BCUT2D eigenvalue weighted by Crippen LogP contribution is 2.15. The van der Waals surface area contributed by atoms with Crippen molar-refractivity contribution < 1.29 is 4.79 Å². The topological polar surface area (TPSA) is 72.9 Å². The monoisotopic (exact) mass is 314 g/mol. The van der Waals surface area contributed by atoms with Crippen LogP contribution in [0.3, 0.4) is 0 Å². The number of aromatic nitrogens is 2. The van der Waals surface area contributed by atoms with Crippen molar-refractivity contribution in [2.75, 3.05) is 0 Å². The smallest absolute Gasteiger partial charge is 0.237 e. The summed E-state index contributed by atoms with van der Waals surface area (Å²) >= 11 is 0. The van der Waals surface area contributed by atoms with Crippen LogP contribution in [0, 0.1) is 19.8 Å². The van der Waals surface area contributed by atoms with Gasteiger partial charge in [-0.1, -0.05) is 44.2 Å². The molecule has 0 bridgehead atoms. The van der Waals surface area contributed by atoms with Crippen molar-refractivity contribution in [2.24, 2.45) is 11.7 Å². The third-order valence-corrected chi connectivity index (χ3v) is 4.17. The Kier molecular flexibility index (Phi) is 5.55. The van der Waals surface area contributed by atoms with Gasteiger partial charge in [0.15, 0.2) is 0 Å². The Balaban J connectivity index is 2.07. The zero-order valence-electron chi connectivity index (χ0n) is 14.3. The van der Waals surface area contributed by atoms with Gasteiger partial charge < -0.3 is 11.1 Å². The Bertz CT molecular complexity index is 661. The van der Waals surface area contributed by atoms with Crippen molar-refractivity contribution in [1.82, 2.24) is 15.1 Å². The Hall–Kier alpha value is -2.14. The van der Waals surface area contributed by atoms with E-state index in [2.05, 4.69) is 22.5 Å². The van der Waals surface area contributed by atoms with Crippen LogP contribution in [0.1, 0.15) is 36.4 Å². The molecule has 1 atom stereocenters. The van der Waals surface area contributed by atoms with Crippen LogP contribution in [0.25, 0.3) is 0 Å². The Morgan fingerprint density at radius 3 is 2.52 bits per heavy atom. The van der Waals surface area contributed by atoms with Crippen molar-refractivity contribution in [3.63, 3.8) is 0 Å². The van der Waals surface area contributed by atoms with Crippen molar-refractivity contribution in [2.45, 2.75) is 46.8 Å². The molecular weight excluding hydrogens is 288 g/mol. The van der Waals surface area contributed by atoms with Gasteiger partial charge in [0, 0.05) is 17.8 Å². The second kappa shape index (κ2) is 7.42. The fourth-order valence-corrected chi connectivity index (χ4v) is 2.50. The summed E-state index contributed by atoms with van der Waals surface area (Å²) < 4.78 is 1.98. The molecular formula is C18H26N4O. The van der Waals surface area contributed by atoms with E-state index in [1.807, 2.05) is 50.6 Å². The number of nitrogens with two attached hydrogens (primary N) is 1. The van der Waals surface area contributed by atoms with Crippen molar-refractivity contribution in [3.8, 4) is 0 Å². The van der Waals surface area contributed by atoms with Gasteiger partial charge in [-0.05, 0) is 25.3 Å². The number of hydrogen-bond acceptors (Lipinski definition) is 3. The quantitative estimate of drug-likeness (QED) is 0.858. The molecule has 0 aliphatic rings. The number of aryl methyl sites for hydroxylation is 1. The maximum Gasteiger partial charge on any atom is 0.237 e. The molecule has 2 rings (SSSR count). The van der Waals surface area contributed by atoms with Gasteiger partial charge in [-0.15, -0.1) is 0 Å². The van der Waals surface area contributed by atoms with Crippen LogP contribution in [0.4, 0.5) is 0 Å². The minimum atomic E-state index is -0.477. The number of hydrogen-bond donors (Lipinski definition) is 2. The van der Waals surface area contributed by atoms with E-state index in [-0.39, 0.29) is 11.8 Å². The third-order valence-electron chi connectivity index (χ3n) is 4.17. The average molecular weight is 314 g/mol. The first-order valence-corrected chi connectivity index (χ1v) is 8.00. The molecule has 0 aliphatic heterocycles. The number of carbonyl (C=O) groups excluding carboxylic acids is 1. The first-order chi connectivity index (χ1) is 10.9. The lowest BCUT2D eigenvalue weighted by molar-refractivity contribution is -0.123. The first kappa shape index (κ1) is 17.2. The van der Waals surface area contributed by atoms with Crippen molar-refractivity contribution >= 4 is 5.91 Å². The Labute approximate surface area is 137 Å². The van der Waals surface area contributed by atoms with Crippen molar-refractivity contribution in [1.29, 1.82) is 0 Å². The standard InChI is InChI=1S/C18H26N4O/c1-12(2)17(19)18(23)20-10-16-13(3)21-22(14(16)4)11-15-8-6-5-7-9-15/h5-9,12,17H,10-11,19H2,1-4H3,(H,20,23)/t17-/m0/s1. The maximum absolute atomic E-state index is 12.0. The van der Waals surface area contributed by atoms with E-state index in [4.69, 9.17) is 5.73 Å². The highest BCUT2D eigenvalue weighted by molar-refractivity contribution is 5.81. The molecule has 2 aromatic rings. The van der Waals surface area contributed by atoms with Crippen LogP contribution >= 0.6 is 0 Å². The van der Waals surface area contributed by atoms with Gasteiger partial charge in [-0.2, -0.15) is 5.10 Å². The minimum absolute atomic E-state index is 0.116. The average Bonchev–Trinajstić information content (AvgIpc) is 2.79. The molecule has 0 unspecified atom stereocenters. The molecule has 1 aromatic carbocycles. The molecule has 1 heterocycles. The molecule has 1 aromatic heterocycles. The molecule has 0 aliphatic carbocycles. The van der Waals surface area contributed by atoms with Crippen molar-refractivity contribution in [3.05, 3.63) is 52.8 Å². The zero-order chi connectivity index (χ0) is 17.0. The fourth-order valence-electron chi connectivity index (χ4n) is 2.50. The SMILES string of the molecule is Cc1nn(Cc2ccccc2)c(C)c1CNC(=O)[C@@H](N)C(C)C. The lowest BCUT2D eigenvalue weighted by Crippen LogP contribution is -2.43. The van der Waals surface area contributed by atoms with E-state index >= 15 is 0 Å². The molecule has 0 spiro atoms. The van der Waals surface area contributed by atoms with Gasteiger partial charge in [-0.25, -0.2) is 0 Å². The summed E-state index contributed by atoms with van der Waals surface area (Å²) in [4.78, 5) is 12.0. The third kappa shape index (κ3) is 4.20. The summed E-state index contributed by atoms with van der Waals surface area (Å²) in [5.74, 6) is 0.00704. The summed E-state index contributed by atoms with van der Waals surface area (Å²) in [6.45, 7) is 9.08. The summed E-state index contributed by atoms with van der Waals surface area (Å²) in [6.07, 6.45) is 0. The molecule has 5 nitrogen and oxygen atoms in total. The predicted molar refractivity (Wildman–Crippen MR) is 91.9 cm³/mol. The second-order valence-corrected chi connectivity index (χ2v) is 6.28. The molecule has 124 valence electrons. The first-order valence-electron chi connectivity index (χ1n) is 8.00. The molecule has 0 fully saturated rings. The number of nitrogens with zero attached hydrogens (tertiary/aromatic N) is 2. The molecule has 0 saturated heterocycles. The van der Waals surface area contributed by atoms with E-state index < -0.39 is 6.04 Å². The van der Waals surface area contributed by atoms with Crippen LogP contribution < -0.4 is 11.1 Å². The summed E-state index contributed by atoms with van der Waals surface area (Å²) in [6, 6.07) is 9.74. The second-order valence-electron chi connectivity index (χ2n) is 6.28. The van der Waals surface area contributed by atoms with Gasteiger partial charge in [-0.3, -0.25) is 9.48 Å². The molecule has 0 radical (unpaired) electrons. The van der Waals surface area contributed by atoms with Gasteiger partial charge in [0.25, 0.3) is 0 Å². The predicted octanol–water partition coefficient (Wildman–Crippen LogP) is 2.15. The normalized spacial score (nSPS) is 12.4. The van der Waals surface area contributed by atoms with Gasteiger partial charge in [0.2, 0.25) is 5.91 Å². The van der Waals surface area contributed by atoms with Crippen LogP contribution in [0.5, 0.6) is 0 Å². The van der Waals surface area contributed by atoms with Gasteiger partial charge >= 0.3 is 0 Å². The largest absolute Gasteiger partial charge is 0.351 e.